The Kier molecular flexibility index (Phi) is 3.99. The third kappa shape index (κ3) is 2.62. The molecule has 0 aliphatic rings. The van der Waals surface area contributed by atoms with Gasteiger partial charge in [0.25, 0.3) is 0 Å². The zero-order valence-corrected chi connectivity index (χ0v) is 12.1. The molecule has 2 aromatic rings. The van der Waals surface area contributed by atoms with Crippen molar-refractivity contribution in [1.82, 2.24) is 4.57 Å². The number of halogens is 1. The van der Waals surface area contributed by atoms with Gasteiger partial charge in [0, 0.05) is 23.4 Å². The summed E-state index contributed by atoms with van der Waals surface area (Å²) in [4.78, 5) is 34.7. The molecule has 0 atom stereocenters. The van der Waals surface area contributed by atoms with Gasteiger partial charge in [-0.1, -0.05) is 17.7 Å². The lowest BCUT2D eigenvalue weighted by atomic mass is 10.0. The Morgan fingerprint density at radius 2 is 2.00 bits per heavy atom. The van der Waals surface area contributed by atoms with Gasteiger partial charge < -0.3 is 19.2 Å². The molecule has 1 aromatic heterocycles. The summed E-state index contributed by atoms with van der Waals surface area (Å²) in [7, 11) is 2.75. The molecule has 0 N–H and O–H groups in total. The SMILES string of the molecule is COC(=O)c1c(C(=O)CC(=O)[O-])c2ccc(Cl)cc2n1C. The molecule has 0 amide bonds. The van der Waals surface area contributed by atoms with Gasteiger partial charge in [-0.3, -0.25) is 4.79 Å². The average molecular weight is 309 g/mol. The summed E-state index contributed by atoms with van der Waals surface area (Å²) >= 11 is 5.91. The maximum atomic E-state index is 12.1. The lowest BCUT2D eigenvalue weighted by Gasteiger charge is -2.05. The number of rotatable bonds is 4. The zero-order chi connectivity index (χ0) is 15.7. The maximum Gasteiger partial charge on any atom is 0.355 e. The van der Waals surface area contributed by atoms with Crippen molar-refractivity contribution in [1.29, 1.82) is 0 Å². The second kappa shape index (κ2) is 5.57. The summed E-state index contributed by atoms with van der Waals surface area (Å²) in [5.74, 6) is -2.96. The zero-order valence-electron chi connectivity index (χ0n) is 11.3. The molecular formula is C14H11ClNO5-. The predicted octanol–water partition coefficient (Wildman–Crippen LogP) is 0.941. The van der Waals surface area contributed by atoms with Crippen molar-refractivity contribution in [2.75, 3.05) is 7.11 Å². The third-order valence-electron chi connectivity index (χ3n) is 3.13. The normalized spacial score (nSPS) is 10.6. The van der Waals surface area contributed by atoms with Gasteiger partial charge in [0.05, 0.1) is 24.6 Å². The number of methoxy groups -OCH3 is 1. The van der Waals surface area contributed by atoms with Crippen molar-refractivity contribution in [3.63, 3.8) is 0 Å². The molecule has 1 heterocycles. The van der Waals surface area contributed by atoms with Gasteiger partial charge in [-0.2, -0.15) is 0 Å². The fraction of sp³-hybridized carbons (Fsp3) is 0.214. The minimum absolute atomic E-state index is 0.000201. The summed E-state index contributed by atoms with van der Waals surface area (Å²) in [5, 5.41) is 11.5. The van der Waals surface area contributed by atoms with Crippen molar-refractivity contribution in [2.45, 2.75) is 6.42 Å². The number of ketones is 1. The molecule has 7 heteroatoms. The van der Waals surface area contributed by atoms with Gasteiger partial charge in [-0.15, -0.1) is 0 Å². The fourth-order valence-electron chi connectivity index (χ4n) is 2.25. The number of fused-ring (bicyclic) bond motifs is 1. The van der Waals surface area contributed by atoms with Gasteiger partial charge >= 0.3 is 5.97 Å². The van der Waals surface area contributed by atoms with Gasteiger partial charge in [0.1, 0.15) is 5.69 Å². The molecule has 0 radical (unpaired) electrons. The number of esters is 1. The lowest BCUT2D eigenvalue weighted by Crippen LogP contribution is -2.26. The van der Waals surface area contributed by atoms with Crippen molar-refractivity contribution >= 4 is 40.2 Å². The highest BCUT2D eigenvalue weighted by molar-refractivity contribution is 6.31. The minimum atomic E-state index is -1.51. The first-order valence-corrected chi connectivity index (χ1v) is 6.34. The Morgan fingerprint density at radius 1 is 1.33 bits per heavy atom. The van der Waals surface area contributed by atoms with Crippen LogP contribution in [0.2, 0.25) is 5.02 Å². The quantitative estimate of drug-likeness (QED) is 0.476. The van der Waals surface area contributed by atoms with Crippen molar-refractivity contribution in [2.24, 2.45) is 7.05 Å². The molecule has 0 unspecified atom stereocenters. The monoisotopic (exact) mass is 308 g/mol. The lowest BCUT2D eigenvalue weighted by molar-refractivity contribution is -0.304. The molecule has 21 heavy (non-hydrogen) atoms. The number of aryl methyl sites for hydroxylation is 1. The van der Waals surface area contributed by atoms with Crippen LogP contribution in [-0.2, 0) is 16.6 Å². The van der Waals surface area contributed by atoms with Crippen LogP contribution >= 0.6 is 11.6 Å². The number of hydrogen-bond acceptors (Lipinski definition) is 5. The van der Waals surface area contributed by atoms with E-state index >= 15 is 0 Å². The number of ether oxygens (including phenoxy) is 1. The van der Waals surface area contributed by atoms with E-state index in [2.05, 4.69) is 4.74 Å². The van der Waals surface area contributed by atoms with E-state index < -0.39 is 24.1 Å². The highest BCUT2D eigenvalue weighted by Crippen LogP contribution is 2.29. The Hall–Kier alpha value is -2.34. The number of carbonyl (C=O) groups excluding carboxylic acids is 3. The number of aliphatic carboxylic acids is 1. The highest BCUT2D eigenvalue weighted by Gasteiger charge is 2.26. The molecule has 110 valence electrons. The van der Waals surface area contributed by atoms with E-state index in [1.807, 2.05) is 0 Å². The predicted molar refractivity (Wildman–Crippen MR) is 73.2 cm³/mol. The van der Waals surface area contributed by atoms with Crippen LogP contribution in [-0.4, -0.2) is 29.4 Å². The van der Waals surface area contributed by atoms with E-state index in [1.54, 1.807) is 25.2 Å². The Morgan fingerprint density at radius 3 is 2.57 bits per heavy atom. The first-order valence-electron chi connectivity index (χ1n) is 5.96. The Bertz CT molecular complexity index is 762. The average Bonchev–Trinajstić information content (AvgIpc) is 2.70. The number of carboxylic acids is 1. The third-order valence-corrected chi connectivity index (χ3v) is 3.36. The van der Waals surface area contributed by atoms with E-state index in [1.165, 1.54) is 11.7 Å². The van der Waals surface area contributed by atoms with E-state index in [9.17, 15) is 19.5 Å². The van der Waals surface area contributed by atoms with E-state index in [4.69, 9.17) is 11.6 Å². The van der Waals surface area contributed by atoms with E-state index in [0.29, 0.717) is 15.9 Å². The number of nitrogens with zero attached hydrogens (tertiary/aromatic N) is 1. The largest absolute Gasteiger partial charge is 0.550 e. The van der Waals surface area contributed by atoms with Crippen molar-refractivity contribution in [3.8, 4) is 0 Å². The second-order valence-corrected chi connectivity index (χ2v) is 4.84. The number of carboxylic acid groups (broad SMARTS) is 1. The number of aromatic nitrogens is 1. The fourth-order valence-corrected chi connectivity index (χ4v) is 2.41. The van der Waals surface area contributed by atoms with Crippen LogP contribution in [0.25, 0.3) is 10.9 Å². The summed E-state index contributed by atoms with van der Waals surface area (Å²) in [6, 6.07) is 4.70. The molecule has 1 aromatic carbocycles. The van der Waals surface area contributed by atoms with Crippen LogP contribution in [0.4, 0.5) is 0 Å². The summed E-state index contributed by atoms with van der Waals surface area (Å²) < 4.78 is 6.12. The standard InChI is InChI=1S/C14H12ClNO5/c1-16-9-5-7(15)3-4-8(9)12(10(17)6-11(18)19)13(16)14(20)21-2/h3-5H,6H2,1-2H3,(H,18,19)/p-1. The smallest absolute Gasteiger partial charge is 0.355 e. The highest BCUT2D eigenvalue weighted by atomic mass is 35.5. The van der Waals surface area contributed by atoms with Gasteiger partial charge in [-0.25, -0.2) is 4.79 Å². The maximum absolute atomic E-state index is 12.1. The van der Waals surface area contributed by atoms with Gasteiger partial charge in [0.2, 0.25) is 0 Å². The second-order valence-electron chi connectivity index (χ2n) is 4.41. The van der Waals surface area contributed by atoms with Crippen LogP contribution in [0, 0.1) is 0 Å². The number of Topliss-reactive ketones (excluding diaryl/α,β-unsaturated/α-hetero) is 1. The van der Waals surface area contributed by atoms with Crippen molar-refractivity contribution < 1.29 is 24.2 Å². The molecule has 2 rings (SSSR count). The number of carbonyl (C=O) groups is 3. The molecule has 6 nitrogen and oxygen atoms in total. The topological polar surface area (TPSA) is 88.4 Å². The first-order chi connectivity index (χ1) is 9.86. The van der Waals surface area contributed by atoms with Crippen LogP contribution in [0.3, 0.4) is 0 Å². The van der Waals surface area contributed by atoms with Gasteiger partial charge in [0.15, 0.2) is 5.78 Å². The van der Waals surface area contributed by atoms with Crippen LogP contribution in [0.5, 0.6) is 0 Å². The van der Waals surface area contributed by atoms with Crippen LogP contribution in [0.1, 0.15) is 27.3 Å². The van der Waals surface area contributed by atoms with Crippen LogP contribution < -0.4 is 5.11 Å². The number of hydrogen-bond donors (Lipinski definition) is 0. The van der Waals surface area contributed by atoms with Crippen LogP contribution in [0.15, 0.2) is 18.2 Å². The van der Waals surface area contributed by atoms with Crippen molar-refractivity contribution in [3.05, 3.63) is 34.5 Å². The number of benzene rings is 1. The molecule has 0 fully saturated rings. The Labute approximate surface area is 124 Å². The molecule has 0 saturated carbocycles. The summed E-state index contributed by atoms with van der Waals surface area (Å²) in [5.41, 5.74) is 0.519. The summed E-state index contributed by atoms with van der Waals surface area (Å²) in [6.45, 7) is 0. The molecule has 0 aliphatic heterocycles. The van der Waals surface area contributed by atoms with E-state index in [0.717, 1.165) is 0 Å². The molecule has 0 saturated heterocycles. The van der Waals surface area contributed by atoms with Gasteiger partial charge in [-0.05, 0) is 12.1 Å². The molecule has 0 aliphatic carbocycles. The minimum Gasteiger partial charge on any atom is -0.550 e. The first kappa shape index (κ1) is 15.1. The molecular weight excluding hydrogens is 298 g/mol. The Balaban J connectivity index is 2.79. The molecule has 0 bridgehead atoms. The van der Waals surface area contributed by atoms with E-state index in [-0.39, 0.29) is 11.3 Å². The summed E-state index contributed by atoms with van der Waals surface area (Å²) in [6.07, 6.45) is -0.814. The molecule has 0 spiro atoms.